The molecule has 0 radical (unpaired) electrons. The van der Waals surface area contributed by atoms with Crippen molar-refractivity contribution in [3.05, 3.63) is 124 Å². The molecule has 2 N–H and O–H groups in total. The van der Waals surface area contributed by atoms with Gasteiger partial charge in [0, 0.05) is 34.1 Å². The summed E-state index contributed by atoms with van der Waals surface area (Å²) in [6, 6.07) is 20.1. The second kappa shape index (κ2) is 18.1. The van der Waals surface area contributed by atoms with Crippen LogP contribution in [0.3, 0.4) is 0 Å². The van der Waals surface area contributed by atoms with Gasteiger partial charge in [-0.05, 0) is 427 Å². The second-order valence-electron chi connectivity index (χ2n) is 40.1. The molecule has 0 spiro atoms. The third kappa shape index (κ3) is 7.38. The van der Waals surface area contributed by atoms with E-state index in [2.05, 4.69) is 36.4 Å². The largest absolute Gasteiger partial charge is 0.502 e. The van der Waals surface area contributed by atoms with E-state index in [1.54, 1.807) is 11.1 Å². The van der Waals surface area contributed by atoms with E-state index >= 15 is 0 Å². The van der Waals surface area contributed by atoms with Crippen LogP contribution in [0, 0.1) is 127 Å². The number of benzene rings is 4. The minimum Gasteiger partial charge on any atom is -0.502 e. The zero-order chi connectivity index (χ0) is 61.4. The second-order valence-corrected chi connectivity index (χ2v) is 40.1. The number of phenols is 2. The molecule has 0 aromatic heterocycles. The van der Waals surface area contributed by atoms with Gasteiger partial charge in [0.2, 0.25) is 0 Å². The molecule has 0 atom stereocenters. The molecule has 8 heteroatoms. The van der Waals surface area contributed by atoms with Crippen molar-refractivity contribution in [3.63, 3.8) is 0 Å². The third-order valence-electron chi connectivity index (χ3n) is 34.5. The number of nitro benzene ring substituents is 2. The fourth-order valence-electron chi connectivity index (χ4n) is 34.2. The van der Waals surface area contributed by atoms with Crippen molar-refractivity contribution in [1.29, 1.82) is 0 Å². The van der Waals surface area contributed by atoms with Crippen LogP contribution in [0.2, 0.25) is 0 Å². The smallest absolute Gasteiger partial charge is 0.311 e. The molecule has 0 unspecified atom stereocenters. The average Bonchev–Trinajstić information content (AvgIpc) is 1.53. The first kappa shape index (κ1) is 55.3. The van der Waals surface area contributed by atoms with Crippen molar-refractivity contribution in [2.75, 3.05) is 0 Å². The molecule has 25 aliphatic carbocycles. The first-order chi connectivity index (χ1) is 45.0. The summed E-state index contributed by atoms with van der Waals surface area (Å²) < 4.78 is 0. The SMILES string of the molecule is O=[N+]([O-])c1cc(C2(c3cc([N+](=O)[O-])c(O)c(C45CC6CC(CC(C6)C4)C5)c3)c3cc(C45CC6CC(CC(C6)C4)C5)cc(C45CC6CC(CC(C6)C4)C5)c3-c3c(C45CC6CC(CC(C6)C4)C5)cc(C45CC6CC(CC(C6)C4)C5)cc32)cc(C23CC4CC(CC(C4)C2)C3)c1O. The first-order valence-electron chi connectivity index (χ1n) is 39.4. The van der Waals surface area contributed by atoms with Crippen LogP contribution in [0.5, 0.6) is 11.5 Å². The first-order valence-corrected chi connectivity index (χ1v) is 39.4. The van der Waals surface area contributed by atoms with Crippen LogP contribution >= 0.6 is 0 Å². The molecule has 0 heterocycles. The zero-order valence-electron chi connectivity index (χ0n) is 55.4. The van der Waals surface area contributed by atoms with Gasteiger partial charge in [0.1, 0.15) is 0 Å². The van der Waals surface area contributed by atoms with E-state index in [0.717, 1.165) is 96.3 Å². The molecule has 0 saturated heterocycles. The summed E-state index contributed by atoms with van der Waals surface area (Å²) in [7, 11) is 0. The number of aromatic hydroxyl groups is 2. The molecule has 24 saturated carbocycles. The van der Waals surface area contributed by atoms with E-state index in [1.165, 1.54) is 226 Å². The Morgan fingerprint density at radius 3 is 0.656 bits per heavy atom. The van der Waals surface area contributed by atoms with Gasteiger partial charge in [0.15, 0.2) is 11.5 Å². The highest BCUT2D eigenvalue weighted by Crippen LogP contribution is 2.74. The fraction of sp³-hybridized carbons (Fsp3) is 0.718. The van der Waals surface area contributed by atoms with Gasteiger partial charge in [-0.2, -0.15) is 0 Å². The van der Waals surface area contributed by atoms with Gasteiger partial charge in [-0.3, -0.25) is 20.2 Å². The maximum Gasteiger partial charge on any atom is 0.311 e. The summed E-state index contributed by atoms with van der Waals surface area (Å²) in [4.78, 5) is 28.9. The van der Waals surface area contributed by atoms with Gasteiger partial charge in [0.25, 0.3) is 0 Å². The molecule has 4 aromatic carbocycles. The van der Waals surface area contributed by atoms with E-state index in [-0.39, 0.29) is 54.4 Å². The highest BCUT2D eigenvalue weighted by molar-refractivity contribution is 5.93. The van der Waals surface area contributed by atoms with E-state index < -0.39 is 16.2 Å². The summed E-state index contributed by atoms with van der Waals surface area (Å²) in [5.74, 6) is 11.6. The lowest BCUT2D eigenvalue weighted by atomic mass is 9.45. The van der Waals surface area contributed by atoms with Crippen LogP contribution in [-0.4, -0.2) is 20.1 Å². The minimum atomic E-state index is -1.25. The zero-order valence-corrected chi connectivity index (χ0v) is 55.4. The molecule has 486 valence electrons. The van der Waals surface area contributed by atoms with Crippen molar-refractivity contribution in [2.45, 2.75) is 269 Å². The normalized spacial score (nSPS) is 48.9. The number of hydrogen-bond acceptors (Lipinski definition) is 6. The van der Waals surface area contributed by atoms with Crippen molar-refractivity contribution < 1.29 is 20.1 Å². The van der Waals surface area contributed by atoms with Crippen molar-refractivity contribution in [3.8, 4) is 22.6 Å². The standard InChI is InChI=1S/C85H100N2O6/c88-77-71(83-39-57-13-58(40-83)15-59(14-57)41-83)23-65(25-73(77)86(90)91)85(66-24-72(78(89)74(26-66)87(92)93)84-42-60-16-61(43-84)18-62(17-60)44-84)69-21-63(79-27-45-1-46(28-79)3-47(2-45)29-79)19-67(81-33-51-7-52(34-81)9-53(8-51)35-81)75(69)76-68(82-36-54-10-55(37-82)12-56(11-54)38-82)20-64(22-70(76)85)80-30-48-4-49(31-80)6-50(5-48)32-80/h19-26,45-62,88-89H,1-18,27-44H2. The fourth-order valence-corrected chi connectivity index (χ4v) is 34.2. The summed E-state index contributed by atoms with van der Waals surface area (Å²) >= 11 is 0. The molecule has 4 aromatic rings. The van der Waals surface area contributed by atoms with Crippen molar-refractivity contribution in [2.24, 2.45) is 107 Å². The van der Waals surface area contributed by atoms with E-state index in [1.807, 2.05) is 12.1 Å². The number of nitrogens with zero attached hydrogens (tertiary/aromatic N) is 2. The highest BCUT2D eigenvalue weighted by Gasteiger charge is 2.64. The van der Waals surface area contributed by atoms with Crippen molar-refractivity contribution in [1.82, 2.24) is 0 Å². The predicted molar refractivity (Wildman–Crippen MR) is 359 cm³/mol. The Bertz CT molecular complexity index is 3540. The maximum absolute atomic E-state index is 14.7. The highest BCUT2D eigenvalue weighted by atomic mass is 16.6. The molecule has 0 amide bonds. The lowest BCUT2D eigenvalue weighted by Gasteiger charge is -2.59. The lowest BCUT2D eigenvalue weighted by molar-refractivity contribution is -0.386. The Morgan fingerprint density at radius 2 is 0.441 bits per heavy atom. The Balaban J connectivity index is 0.906. The van der Waals surface area contributed by atoms with Gasteiger partial charge >= 0.3 is 11.4 Å². The van der Waals surface area contributed by atoms with Gasteiger partial charge in [0.05, 0.1) is 15.3 Å². The van der Waals surface area contributed by atoms with E-state index in [9.17, 15) is 30.4 Å². The monoisotopic (exact) mass is 1240 g/mol. The number of fused-ring (bicyclic) bond motifs is 3. The molecule has 8 nitrogen and oxygen atoms in total. The number of hydrogen-bond donors (Lipinski definition) is 2. The lowest BCUT2D eigenvalue weighted by Crippen LogP contribution is -2.50. The summed E-state index contributed by atoms with van der Waals surface area (Å²) in [6.07, 6.45) is 44.1. The average molecular weight is 1250 g/mol. The van der Waals surface area contributed by atoms with Crippen LogP contribution in [0.1, 0.15) is 287 Å². The van der Waals surface area contributed by atoms with Crippen LogP contribution in [0.15, 0.2) is 48.5 Å². The molecule has 29 rings (SSSR count). The van der Waals surface area contributed by atoms with Crippen molar-refractivity contribution >= 4 is 11.4 Å². The number of nitro groups is 2. The molecular formula is C85H100N2O6. The van der Waals surface area contributed by atoms with E-state index in [4.69, 9.17) is 0 Å². The van der Waals surface area contributed by atoms with Gasteiger partial charge in [-0.25, -0.2) is 0 Å². The summed E-state index contributed by atoms with van der Waals surface area (Å²) in [6.45, 7) is 0. The van der Waals surface area contributed by atoms with Gasteiger partial charge in [-0.15, -0.1) is 0 Å². The predicted octanol–water partition coefficient (Wildman–Crippen LogP) is 20.1. The quantitative estimate of drug-likeness (QED) is 0.106. The summed E-state index contributed by atoms with van der Waals surface area (Å²) in [5, 5.41) is 56.0. The topological polar surface area (TPSA) is 127 Å². The molecule has 24 bridgehead atoms. The Morgan fingerprint density at radius 1 is 0.258 bits per heavy atom. The van der Waals surface area contributed by atoms with Crippen LogP contribution in [0.4, 0.5) is 11.4 Å². The Hall–Kier alpha value is -4.72. The van der Waals surface area contributed by atoms with Crippen LogP contribution < -0.4 is 0 Å². The van der Waals surface area contributed by atoms with Crippen LogP contribution in [-0.2, 0) is 37.9 Å². The molecule has 24 fully saturated rings. The maximum atomic E-state index is 14.7. The van der Waals surface area contributed by atoms with E-state index in [0.29, 0.717) is 71.0 Å². The Kier molecular flexibility index (Phi) is 10.8. The van der Waals surface area contributed by atoms with Gasteiger partial charge < -0.3 is 10.2 Å². The molecule has 0 aliphatic heterocycles. The molecule has 93 heavy (non-hydrogen) atoms. The molecular weight excluding hydrogens is 1140 g/mol. The Labute approximate surface area is 551 Å². The van der Waals surface area contributed by atoms with Crippen LogP contribution in [0.25, 0.3) is 11.1 Å². The third-order valence-corrected chi connectivity index (χ3v) is 34.5. The molecule has 25 aliphatic rings. The summed E-state index contributed by atoms with van der Waals surface area (Å²) in [5.41, 5.74) is 12.7. The van der Waals surface area contributed by atoms with Gasteiger partial charge in [-0.1, -0.05) is 24.3 Å². The minimum absolute atomic E-state index is 0.0154. The number of phenolic OH excluding ortho intramolecular Hbond substituents is 2. The number of rotatable bonds is 10.